The first-order valence-electron chi connectivity index (χ1n) is 6.26. The Hall–Kier alpha value is 0.161. The smallest absolute Gasteiger partial charge is 0.857 e. The van der Waals surface area contributed by atoms with Gasteiger partial charge in [-0.1, -0.05) is 46.5 Å². The predicted molar refractivity (Wildman–Crippen MR) is 81.1 cm³/mol. The first-order valence-corrected chi connectivity index (χ1v) is 9.97. The zero-order chi connectivity index (χ0) is 16.2. The van der Waals surface area contributed by atoms with Crippen LogP contribution in [0.4, 0.5) is 0 Å². The minimum atomic E-state index is -0.939. The first kappa shape index (κ1) is 28.3. The Morgan fingerprint density at radius 2 is 1.30 bits per heavy atom. The second kappa shape index (κ2) is 15.5. The van der Waals surface area contributed by atoms with Crippen molar-refractivity contribution in [3.8, 4) is 0 Å². The van der Waals surface area contributed by atoms with Gasteiger partial charge in [-0.3, -0.25) is 0 Å². The largest absolute Gasteiger partial charge is 4.00 e. The summed E-state index contributed by atoms with van der Waals surface area (Å²) >= 11 is 0. The van der Waals surface area contributed by atoms with E-state index in [1.807, 2.05) is 0 Å². The molecule has 1 aromatic carbocycles. The van der Waals surface area contributed by atoms with Gasteiger partial charge < -0.3 is 15.3 Å². The number of aryl methyl sites for hydroxylation is 1. The van der Waals surface area contributed by atoms with E-state index in [1.165, 1.54) is 22.7 Å². The molecule has 0 radical (unpaired) electrons. The van der Waals surface area contributed by atoms with E-state index in [0.29, 0.717) is 0 Å². The van der Waals surface area contributed by atoms with Gasteiger partial charge in [-0.25, -0.2) is 0 Å². The van der Waals surface area contributed by atoms with Gasteiger partial charge in [0.1, 0.15) is 0 Å². The van der Waals surface area contributed by atoms with Crippen LogP contribution in [0.5, 0.6) is 0 Å². The van der Waals surface area contributed by atoms with Gasteiger partial charge in [0.25, 0.3) is 0 Å². The van der Waals surface area contributed by atoms with E-state index >= 15 is 0 Å². The Kier molecular flexibility index (Phi) is 22.0. The fraction of sp³-hybridized carbons (Fsp3) is 0.667. The molecule has 0 unspecified atom stereocenters. The number of rotatable bonds is 2. The maximum atomic E-state index is 8.25. The zero-order valence-electron chi connectivity index (χ0n) is 14.5. The molecule has 0 saturated heterocycles. The number of hydrogen-bond acceptors (Lipinski definition) is 3. The van der Waals surface area contributed by atoms with Crippen LogP contribution in [0, 0.1) is 20.8 Å². The second-order valence-corrected chi connectivity index (χ2v) is 10.8. The van der Waals surface area contributed by atoms with Crippen LogP contribution >= 0.6 is 0 Å². The van der Waals surface area contributed by atoms with Gasteiger partial charge in [0.2, 0.25) is 0 Å². The fourth-order valence-electron chi connectivity index (χ4n) is 1.77. The van der Waals surface area contributed by atoms with Crippen molar-refractivity contribution in [3.63, 3.8) is 0 Å². The Bertz CT molecular complexity index is 318. The van der Waals surface area contributed by atoms with Crippen LogP contribution in [0.2, 0.25) is 19.6 Å². The Morgan fingerprint density at radius 1 is 0.950 bits per heavy atom. The molecule has 1 aromatic rings. The topological polar surface area (TPSA) is 69.2 Å². The summed E-state index contributed by atoms with van der Waals surface area (Å²) < 4.78 is 0. The Labute approximate surface area is 141 Å². The van der Waals surface area contributed by atoms with E-state index < -0.39 is 8.07 Å². The van der Waals surface area contributed by atoms with Crippen molar-refractivity contribution in [2.24, 2.45) is 0 Å². The summed E-state index contributed by atoms with van der Waals surface area (Å²) in [7, 11) is 1.31. The summed E-state index contributed by atoms with van der Waals surface area (Å²) in [4.78, 5) is 0. The van der Waals surface area contributed by atoms with Crippen LogP contribution in [0.3, 0.4) is 0 Å². The maximum absolute atomic E-state index is 8.25. The van der Waals surface area contributed by atoms with Gasteiger partial charge in [-0.2, -0.15) is 49.6 Å². The molecular weight excluding hydrogens is 304 g/mol. The molecule has 0 atom stereocenters. The summed E-state index contributed by atoms with van der Waals surface area (Å²) in [5.41, 5.74) is 6.08. The predicted octanol–water partition coefficient (Wildman–Crippen LogP) is 0.678. The third-order valence-electron chi connectivity index (χ3n) is 2.75. The average Bonchev–Trinajstić information content (AvgIpc) is 2.62. The Morgan fingerprint density at radius 3 is 1.50 bits per heavy atom. The van der Waals surface area contributed by atoms with E-state index in [2.05, 4.69) is 46.5 Å². The summed E-state index contributed by atoms with van der Waals surface area (Å²) in [5.74, 6) is 0. The Balaban J connectivity index is -0.000000162. The van der Waals surface area contributed by atoms with E-state index in [-0.39, 0.29) is 21.7 Å². The molecule has 0 amide bonds. The van der Waals surface area contributed by atoms with Gasteiger partial charge in [0, 0.05) is 8.07 Å². The van der Waals surface area contributed by atoms with E-state index in [9.17, 15) is 0 Å². The molecule has 0 spiro atoms. The molecule has 20 heavy (non-hydrogen) atoms. The van der Waals surface area contributed by atoms with Crippen LogP contribution in [0.15, 0.2) is 6.07 Å². The summed E-state index contributed by atoms with van der Waals surface area (Å²) in [6.45, 7) is 14.0. The molecule has 116 valence electrons. The summed E-state index contributed by atoms with van der Waals surface area (Å²) in [6.07, 6.45) is 0. The first-order chi connectivity index (χ1) is 8.81. The summed E-state index contributed by atoms with van der Waals surface area (Å²) in [5, 5.41) is 24.8. The van der Waals surface area contributed by atoms with Crippen molar-refractivity contribution in [2.45, 2.75) is 46.5 Å². The van der Waals surface area contributed by atoms with Gasteiger partial charge in [0.15, 0.2) is 0 Å². The summed E-state index contributed by atoms with van der Waals surface area (Å²) in [6, 6.07) is 3.70. The van der Waals surface area contributed by atoms with Crippen molar-refractivity contribution >= 4 is 8.07 Å². The van der Waals surface area contributed by atoms with Gasteiger partial charge >= 0.3 is 21.7 Å². The van der Waals surface area contributed by atoms with E-state index in [4.69, 9.17) is 15.3 Å². The van der Waals surface area contributed by atoms with Crippen LogP contribution < -0.4 is 15.3 Å². The average molecular weight is 334 g/mol. The van der Waals surface area contributed by atoms with Crippen LogP contribution in [-0.4, -0.2) is 29.4 Å². The molecule has 0 aliphatic carbocycles. The molecule has 1 rings (SSSR count). The molecule has 0 heterocycles. The monoisotopic (exact) mass is 334 g/mol. The van der Waals surface area contributed by atoms with Crippen LogP contribution in [-0.2, 0) is 27.8 Å². The maximum Gasteiger partial charge on any atom is 4.00 e. The second-order valence-electron chi connectivity index (χ2n) is 5.34. The standard InChI is InChI=1S/C12H21Si.3CH3O.Ti/c1-9-7-12(8-13(4,5)6)11(3)10(9)2;3*1-2;/h7H,8H2,1-6H3;3*1H3;/q4*-1;+4. The molecule has 0 aliphatic rings. The molecule has 3 nitrogen and oxygen atoms in total. The van der Waals surface area contributed by atoms with Gasteiger partial charge in [-0.15, -0.1) is 0 Å². The van der Waals surface area contributed by atoms with E-state index in [0.717, 1.165) is 21.3 Å². The zero-order valence-corrected chi connectivity index (χ0v) is 17.1. The third-order valence-corrected chi connectivity index (χ3v) is 4.19. The molecule has 5 heteroatoms. The number of hydrogen-bond donors (Lipinski definition) is 0. The molecule has 0 aromatic heterocycles. The molecule has 0 bridgehead atoms. The van der Waals surface area contributed by atoms with Crippen molar-refractivity contribution in [2.75, 3.05) is 21.3 Å². The third kappa shape index (κ3) is 11.9. The van der Waals surface area contributed by atoms with Gasteiger partial charge in [-0.05, 0) is 0 Å². The fourth-order valence-corrected chi connectivity index (χ4v) is 3.28. The minimum absolute atomic E-state index is 0. The molecule has 0 aliphatic heterocycles. The van der Waals surface area contributed by atoms with Crippen LogP contribution in [0.25, 0.3) is 0 Å². The van der Waals surface area contributed by atoms with Crippen molar-refractivity contribution in [1.29, 1.82) is 0 Å². The molecule has 0 fully saturated rings. The van der Waals surface area contributed by atoms with Crippen molar-refractivity contribution < 1.29 is 37.0 Å². The molecule has 0 N–H and O–H groups in total. The normalized spacial score (nSPS) is 8.80. The SMILES string of the molecule is C[O-].C[O-].C[O-].Cc1c(C[Si](C)(C)C)c[c-](C)c1C.[Ti+4]. The van der Waals surface area contributed by atoms with Crippen LogP contribution in [0.1, 0.15) is 22.3 Å². The molecule has 0 saturated carbocycles. The van der Waals surface area contributed by atoms with Gasteiger partial charge in [0.05, 0.1) is 0 Å². The quantitative estimate of drug-likeness (QED) is 0.590. The minimum Gasteiger partial charge on any atom is -0.857 e. The van der Waals surface area contributed by atoms with E-state index in [1.54, 1.807) is 5.56 Å². The molecular formula is C15H30O3SiTi. The van der Waals surface area contributed by atoms with Crippen molar-refractivity contribution in [3.05, 3.63) is 28.3 Å². The van der Waals surface area contributed by atoms with Crippen molar-refractivity contribution in [1.82, 2.24) is 0 Å².